The van der Waals surface area contributed by atoms with Crippen molar-refractivity contribution in [2.24, 2.45) is 0 Å². The second-order valence-corrected chi connectivity index (χ2v) is 6.18. The van der Waals surface area contributed by atoms with E-state index in [0.717, 1.165) is 35.7 Å². The highest BCUT2D eigenvalue weighted by Gasteiger charge is 2.06. The van der Waals surface area contributed by atoms with Crippen molar-refractivity contribution in [3.05, 3.63) is 65.6 Å². The lowest BCUT2D eigenvalue weighted by Gasteiger charge is -2.19. The average Bonchev–Trinajstić information content (AvgIpc) is 3.05. The second-order valence-electron chi connectivity index (χ2n) is 6.18. The molecule has 25 heavy (non-hydrogen) atoms. The number of benzene rings is 1. The highest BCUT2D eigenvalue weighted by molar-refractivity contribution is 5.47. The summed E-state index contributed by atoms with van der Waals surface area (Å²) in [6.07, 6.45) is 4.00. The average molecular weight is 339 g/mol. The summed E-state index contributed by atoms with van der Waals surface area (Å²) in [4.78, 5) is 6.83. The van der Waals surface area contributed by atoms with Crippen molar-refractivity contribution in [2.75, 3.05) is 19.7 Å². The molecule has 3 rings (SSSR count). The summed E-state index contributed by atoms with van der Waals surface area (Å²) in [7, 11) is 0. The lowest BCUT2D eigenvalue weighted by Crippen LogP contribution is -2.25. The van der Waals surface area contributed by atoms with Crippen LogP contribution in [0.3, 0.4) is 0 Å². The highest BCUT2D eigenvalue weighted by Crippen LogP contribution is 2.16. The van der Waals surface area contributed by atoms with Crippen LogP contribution >= 0.6 is 0 Å². The van der Waals surface area contributed by atoms with Gasteiger partial charge in [-0.05, 0) is 42.8 Å². The fraction of sp³-hybridized carbons (Fsp3) is 0.350. The molecule has 0 spiro atoms. The molecular formula is C20H25N3O2. The zero-order valence-corrected chi connectivity index (χ0v) is 14.9. The van der Waals surface area contributed by atoms with E-state index in [0.29, 0.717) is 13.2 Å². The Morgan fingerprint density at radius 3 is 2.68 bits per heavy atom. The van der Waals surface area contributed by atoms with E-state index >= 15 is 0 Å². The summed E-state index contributed by atoms with van der Waals surface area (Å²) >= 11 is 0. The van der Waals surface area contributed by atoms with E-state index in [-0.39, 0.29) is 6.61 Å². The number of aliphatic hydroxyl groups excluding tert-OH is 1. The first-order valence-corrected chi connectivity index (χ1v) is 8.67. The first-order valence-electron chi connectivity index (χ1n) is 8.67. The Morgan fingerprint density at radius 2 is 2.00 bits per heavy atom. The van der Waals surface area contributed by atoms with Gasteiger partial charge in [0.1, 0.15) is 18.0 Å². The van der Waals surface area contributed by atoms with Gasteiger partial charge in [-0.1, -0.05) is 25.1 Å². The maximum absolute atomic E-state index is 9.07. The van der Waals surface area contributed by atoms with Crippen molar-refractivity contribution < 1.29 is 9.84 Å². The molecule has 2 aromatic heterocycles. The van der Waals surface area contributed by atoms with Crippen LogP contribution < -0.4 is 4.74 Å². The normalized spacial score (nSPS) is 11.4. The minimum absolute atomic E-state index is 0.188. The molecule has 0 unspecified atom stereocenters. The van der Waals surface area contributed by atoms with E-state index in [9.17, 15) is 0 Å². The fourth-order valence-electron chi connectivity index (χ4n) is 2.87. The predicted octanol–water partition coefficient (Wildman–Crippen LogP) is 3.04. The van der Waals surface area contributed by atoms with Gasteiger partial charge in [-0.2, -0.15) is 0 Å². The Hall–Kier alpha value is -2.37. The van der Waals surface area contributed by atoms with Crippen molar-refractivity contribution in [2.45, 2.75) is 27.0 Å². The van der Waals surface area contributed by atoms with Gasteiger partial charge < -0.3 is 14.2 Å². The molecule has 0 saturated heterocycles. The van der Waals surface area contributed by atoms with Crippen LogP contribution in [0.15, 0.2) is 48.8 Å². The lowest BCUT2D eigenvalue weighted by atomic mass is 10.2. The molecule has 5 nitrogen and oxygen atoms in total. The summed E-state index contributed by atoms with van der Waals surface area (Å²) in [6, 6.07) is 12.2. The van der Waals surface area contributed by atoms with E-state index in [4.69, 9.17) is 9.84 Å². The third-order valence-corrected chi connectivity index (χ3v) is 4.31. The zero-order chi connectivity index (χ0) is 17.6. The van der Waals surface area contributed by atoms with Crippen LogP contribution in [0.25, 0.3) is 5.65 Å². The molecule has 2 heterocycles. The number of fused-ring (bicyclic) bond motifs is 1. The van der Waals surface area contributed by atoms with Crippen LogP contribution in [0, 0.1) is 6.92 Å². The molecule has 0 aliphatic rings. The summed E-state index contributed by atoms with van der Waals surface area (Å²) < 4.78 is 7.89. The van der Waals surface area contributed by atoms with Crippen LogP contribution in [0.5, 0.6) is 5.75 Å². The van der Waals surface area contributed by atoms with Gasteiger partial charge in [-0.25, -0.2) is 4.98 Å². The Kier molecular flexibility index (Phi) is 5.68. The van der Waals surface area contributed by atoms with Gasteiger partial charge in [0.05, 0.1) is 12.3 Å². The minimum atomic E-state index is 0.188. The van der Waals surface area contributed by atoms with Gasteiger partial charge in [0.2, 0.25) is 0 Å². The van der Waals surface area contributed by atoms with Crippen LogP contribution in [0.4, 0.5) is 0 Å². The van der Waals surface area contributed by atoms with Crippen LogP contribution in [0.2, 0.25) is 0 Å². The minimum Gasteiger partial charge on any atom is -0.487 e. The number of pyridine rings is 1. The first-order chi connectivity index (χ1) is 12.2. The first kappa shape index (κ1) is 17.5. The molecule has 1 N–H and O–H groups in total. The molecule has 0 aliphatic carbocycles. The molecule has 0 radical (unpaired) electrons. The number of aromatic nitrogens is 2. The Bertz CT molecular complexity index is 811. The SMILES string of the molecule is CCN(CCO)Cc1ccc(OCc2cn3cccc(C)c3n2)cc1. The van der Waals surface area contributed by atoms with Crippen molar-refractivity contribution in [3.8, 4) is 5.75 Å². The molecule has 0 fully saturated rings. The monoisotopic (exact) mass is 339 g/mol. The Labute approximate surface area is 148 Å². The largest absolute Gasteiger partial charge is 0.487 e. The van der Waals surface area contributed by atoms with Crippen molar-refractivity contribution in [1.29, 1.82) is 0 Å². The number of nitrogens with zero attached hydrogens (tertiary/aromatic N) is 3. The second kappa shape index (κ2) is 8.14. The predicted molar refractivity (Wildman–Crippen MR) is 98.7 cm³/mol. The van der Waals surface area contributed by atoms with Gasteiger partial charge in [-0.15, -0.1) is 0 Å². The standard InChI is InChI=1S/C20H25N3O2/c1-3-22(11-12-24)13-17-6-8-19(9-7-17)25-15-18-14-23-10-4-5-16(2)20(23)21-18/h4-10,14,24H,3,11-13,15H2,1-2H3. The van der Waals surface area contributed by atoms with E-state index in [1.807, 2.05) is 35.0 Å². The molecule has 0 amide bonds. The van der Waals surface area contributed by atoms with Crippen molar-refractivity contribution in [1.82, 2.24) is 14.3 Å². The van der Waals surface area contributed by atoms with E-state index < -0.39 is 0 Å². The van der Waals surface area contributed by atoms with E-state index in [2.05, 4.69) is 41.9 Å². The molecule has 132 valence electrons. The number of hydrogen-bond donors (Lipinski definition) is 1. The number of hydrogen-bond acceptors (Lipinski definition) is 4. The van der Waals surface area contributed by atoms with Crippen LogP contribution in [-0.4, -0.2) is 39.1 Å². The van der Waals surface area contributed by atoms with Crippen LogP contribution in [0.1, 0.15) is 23.7 Å². The Morgan fingerprint density at radius 1 is 1.20 bits per heavy atom. The number of aryl methyl sites for hydroxylation is 1. The molecule has 0 saturated carbocycles. The number of ether oxygens (including phenoxy) is 1. The molecule has 3 aromatic rings. The van der Waals surface area contributed by atoms with Gasteiger partial charge >= 0.3 is 0 Å². The molecule has 0 atom stereocenters. The van der Waals surface area contributed by atoms with Crippen LogP contribution in [-0.2, 0) is 13.2 Å². The molecule has 0 bridgehead atoms. The van der Waals surface area contributed by atoms with Gasteiger partial charge in [0, 0.05) is 25.5 Å². The number of likely N-dealkylation sites (N-methyl/N-ethyl adjacent to an activating group) is 1. The quantitative estimate of drug-likeness (QED) is 0.685. The number of rotatable bonds is 8. The van der Waals surface area contributed by atoms with E-state index in [1.54, 1.807) is 0 Å². The van der Waals surface area contributed by atoms with Gasteiger partial charge in [0.15, 0.2) is 0 Å². The number of aliphatic hydroxyl groups is 1. The maximum atomic E-state index is 9.07. The lowest BCUT2D eigenvalue weighted by molar-refractivity contribution is 0.196. The Balaban J connectivity index is 1.60. The third kappa shape index (κ3) is 4.38. The van der Waals surface area contributed by atoms with E-state index in [1.165, 1.54) is 5.56 Å². The molecule has 0 aliphatic heterocycles. The molecular weight excluding hydrogens is 314 g/mol. The summed E-state index contributed by atoms with van der Waals surface area (Å²) in [5, 5.41) is 9.07. The number of imidazole rings is 1. The highest BCUT2D eigenvalue weighted by atomic mass is 16.5. The summed E-state index contributed by atoms with van der Waals surface area (Å²) in [6.45, 7) is 7.25. The molecule has 5 heteroatoms. The topological polar surface area (TPSA) is 50.0 Å². The third-order valence-electron chi connectivity index (χ3n) is 4.31. The van der Waals surface area contributed by atoms with Gasteiger partial charge in [-0.3, -0.25) is 4.90 Å². The zero-order valence-electron chi connectivity index (χ0n) is 14.9. The summed E-state index contributed by atoms with van der Waals surface area (Å²) in [5.74, 6) is 0.836. The molecule has 1 aromatic carbocycles. The maximum Gasteiger partial charge on any atom is 0.140 e. The van der Waals surface area contributed by atoms with Crippen molar-refractivity contribution in [3.63, 3.8) is 0 Å². The summed E-state index contributed by atoms with van der Waals surface area (Å²) in [5.41, 5.74) is 4.26. The smallest absolute Gasteiger partial charge is 0.140 e. The fourth-order valence-corrected chi connectivity index (χ4v) is 2.87. The van der Waals surface area contributed by atoms with Gasteiger partial charge in [0.25, 0.3) is 0 Å². The van der Waals surface area contributed by atoms with Crippen molar-refractivity contribution >= 4 is 5.65 Å².